The van der Waals surface area contributed by atoms with E-state index >= 15 is 8.78 Å². The van der Waals surface area contributed by atoms with Crippen molar-refractivity contribution in [2.45, 2.75) is 65.7 Å². The maximum absolute atomic E-state index is 15.4. The number of pyridine rings is 1. The Morgan fingerprint density at radius 1 is 0.500 bits per heavy atom. The van der Waals surface area contributed by atoms with Crippen LogP contribution in [0.4, 0.5) is 48.6 Å². The summed E-state index contributed by atoms with van der Waals surface area (Å²) in [5, 5.41) is 2.23. The van der Waals surface area contributed by atoms with Crippen LogP contribution in [0.15, 0.2) is 219 Å². The number of anilines is 7. The van der Waals surface area contributed by atoms with E-state index in [1.807, 2.05) is 30.5 Å². The summed E-state index contributed by atoms with van der Waals surface area (Å²) in [6, 6.07) is 71.5. The van der Waals surface area contributed by atoms with Gasteiger partial charge in [-0.05, 0) is 130 Å². The molecule has 0 radical (unpaired) electrons. The Hall–Kier alpha value is -9.01. The van der Waals surface area contributed by atoms with Crippen molar-refractivity contribution in [3.8, 4) is 39.6 Å². The van der Waals surface area contributed by atoms with Gasteiger partial charge in [0.15, 0.2) is 0 Å². The number of fused-ring (bicyclic) bond motifs is 4. The quantitative estimate of drug-likeness (QED) is 0.122. The van der Waals surface area contributed by atoms with Gasteiger partial charge < -0.3 is 19.4 Å². The van der Waals surface area contributed by atoms with Crippen LogP contribution in [0.2, 0.25) is 0 Å². The highest BCUT2D eigenvalue weighted by atomic mass is 19.1. The molecular formula is C70H61F2N5O. The van der Waals surface area contributed by atoms with Crippen molar-refractivity contribution in [1.29, 1.82) is 0 Å². The summed E-state index contributed by atoms with van der Waals surface area (Å²) in [7, 11) is 0. The van der Waals surface area contributed by atoms with Crippen molar-refractivity contribution in [1.82, 2.24) is 9.55 Å². The molecule has 1 aliphatic heterocycles. The first-order chi connectivity index (χ1) is 37.7. The van der Waals surface area contributed by atoms with Gasteiger partial charge in [-0.15, -0.1) is 0 Å². The van der Waals surface area contributed by atoms with Crippen molar-refractivity contribution in [3.05, 3.63) is 247 Å². The Kier molecular flexibility index (Phi) is 12.9. The standard InChI is InChI=1S/C70H61F2N5O/c1-45(2)47-33-48(46(3)4)35-49(34-47)60-24-18-25-61(50-36-52(71)39-53(72)37-50)69(60)75-44-74(65-27-16-17-28-66(65)75)56-40-57(76(54-19-10-8-11-20-54)55-21-12-9-13-22-55)42-59(41-56)78-58-29-30-63-62-23-14-15-26-64(62)77(67(63)43-58)68-38-51(31-32-73-68)70(5,6)7/h8-43,45-46H,44H2,1-7H3. The number of hydrogen-bond acceptors (Lipinski definition) is 5. The third kappa shape index (κ3) is 9.42. The Morgan fingerprint density at radius 2 is 1.09 bits per heavy atom. The van der Waals surface area contributed by atoms with Gasteiger partial charge in [0.25, 0.3) is 0 Å². The lowest BCUT2D eigenvalue weighted by molar-refractivity contribution is 0.483. The Bertz CT molecular complexity index is 3940. The number of para-hydroxylation sites is 6. The van der Waals surface area contributed by atoms with Crippen LogP contribution >= 0.6 is 0 Å². The lowest BCUT2D eigenvalue weighted by atomic mass is 9.88. The van der Waals surface area contributed by atoms with Gasteiger partial charge >= 0.3 is 0 Å². The fraction of sp³-hybridized carbons (Fsp3) is 0.157. The highest BCUT2D eigenvalue weighted by Crippen LogP contribution is 2.52. The molecule has 2 aromatic heterocycles. The molecule has 0 atom stereocenters. The van der Waals surface area contributed by atoms with E-state index in [9.17, 15) is 0 Å². The molecule has 0 aliphatic carbocycles. The van der Waals surface area contributed by atoms with Crippen LogP contribution in [0.5, 0.6) is 11.5 Å². The minimum Gasteiger partial charge on any atom is -0.457 e. The number of benzene rings is 9. The highest BCUT2D eigenvalue weighted by molar-refractivity contribution is 6.09. The second-order valence-corrected chi connectivity index (χ2v) is 22.0. The second kappa shape index (κ2) is 20.2. The van der Waals surface area contributed by atoms with Gasteiger partial charge in [-0.1, -0.05) is 152 Å². The van der Waals surface area contributed by atoms with Crippen molar-refractivity contribution in [3.63, 3.8) is 0 Å². The summed E-state index contributed by atoms with van der Waals surface area (Å²) in [4.78, 5) is 11.8. The topological polar surface area (TPSA) is 36.8 Å². The molecule has 11 aromatic rings. The molecule has 1 aliphatic rings. The van der Waals surface area contributed by atoms with Crippen LogP contribution in [0.3, 0.4) is 0 Å². The molecule has 0 spiro atoms. The average Bonchev–Trinajstić information content (AvgIpc) is 4.13. The van der Waals surface area contributed by atoms with Gasteiger partial charge in [0, 0.05) is 69.4 Å². The number of rotatable bonds is 12. The molecule has 78 heavy (non-hydrogen) atoms. The first-order valence-corrected chi connectivity index (χ1v) is 26.9. The van der Waals surface area contributed by atoms with Crippen LogP contribution in [0.25, 0.3) is 49.9 Å². The van der Waals surface area contributed by atoms with E-state index in [0.29, 0.717) is 29.3 Å². The number of hydrogen-bond donors (Lipinski definition) is 0. The number of halogens is 2. The van der Waals surface area contributed by atoms with E-state index in [4.69, 9.17) is 9.72 Å². The molecule has 8 heteroatoms. The molecule has 0 unspecified atom stereocenters. The molecule has 0 saturated heterocycles. The van der Waals surface area contributed by atoms with Crippen molar-refractivity contribution < 1.29 is 13.5 Å². The van der Waals surface area contributed by atoms with E-state index in [1.165, 1.54) is 28.8 Å². The predicted octanol–water partition coefficient (Wildman–Crippen LogP) is 19.8. The molecule has 0 amide bonds. The molecule has 0 fully saturated rings. The van der Waals surface area contributed by atoms with Crippen LogP contribution < -0.4 is 19.4 Å². The zero-order chi connectivity index (χ0) is 53.8. The first kappa shape index (κ1) is 49.8. The number of ether oxygens (including phenoxy) is 1. The van der Waals surface area contributed by atoms with Crippen molar-refractivity contribution in [2.75, 3.05) is 21.4 Å². The molecule has 12 rings (SSSR count). The fourth-order valence-electron chi connectivity index (χ4n) is 11.1. The van der Waals surface area contributed by atoms with Crippen LogP contribution in [-0.2, 0) is 5.41 Å². The van der Waals surface area contributed by atoms with Gasteiger partial charge in [0.1, 0.15) is 35.6 Å². The summed E-state index contributed by atoms with van der Waals surface area (Å²) in [5.41, 5.74) is 15.3. The summed E-state index contributed by atoms with van der Waals surface area (Å²) in [6.07, 6.45) is 1.90. The lowest BCUT2D eigenvalue weighted by Crippen LogP contribution is -2.25. The van der Waals surface area contributed by atoms with Crippen molar-refractivity contribution >= 4 is 61.6 Å². The third-order valence-electron chi connectivity index (χ3n) is 15.0. The number of nitrogens with zero attached hydrogens (tertiary/aromatic N) is 5. The largest absolute Gasteiger partial charge is 0.457 e. The fourth-order valence-corrected chi connectivity index (χ4v) is 11.1. The van der Waals surface area contributed by atoms with Gasteiger partial charge in [-0.25, -0.2) is 13.8 Å². The maximum Gasteiger partial charge on any atom is 0.137 e. The SMILES string of the molecule is CC(C)c1cc(-c2cccc(-c3cc(F)cc(F)c3)c2N2CN(c3cc(Oc4ccc5c6ccccc6n(-c6cc(C(C)(C)C)ccn6)c5c4)cc(N(c4ccccc4)c4ccccc4)c3)c3ccccc32)cc(C(C)C)c1. The number of aromatic nitrogens is 2. The van der Waals surface area contributed by atoms with Gasteiger partial charge in [0.2, 0.25) is 0 Å². The maximum atomic E-state index is 15.4. The average molecular weight is 1030 g/mol. The van der Waals surface area contributed by atoms with Gasteiger partial charge in [-0.3, -0.25) is 4.57 Å². The van der Waals surface area contributed by atoms with Crippen LogP contribution in [-0.4, -0.2) is 16.2 Å². The molecule has 9 aromatic carbocycles. The molecule has 0 bridgehead atoms. The van der Waals surface area contributed by atoms with E-state index in [-0.39, 0.29) is 17.3 Å². The normalized spacial score (nSPS) is 12.6. The molecule has 3 heterocycles. The van der Waals surface area contributed by atoms with E-state index < -0.39 is 11.6 Å². The minimum atomic E-state index is -0.633. The monoisotopic (exact) mass is 1030 g/mol. The van der Waals surface area contributed by atoms with E-state index in [2.05, 4.69) is 238 Å². The van der Waals surface area contributed by atoms with Crippen LogP contribution in [0, 0.1) is 11.6 Å². The van der Waals surface area contributed by atoms with Crippen LogP contribution in [0.1, 0.15) is 77.0 Å². The highest BCUT2D eigenvalue weighted by Gasteiger charge is 2.33. The zero-order valence-corrected chi connectivity index (χ0v) is 45.0. The molecule has 0 saturated carbocycles. The molecule has 6 nitrogen and oxygen atoms in total. The molecule has 0 N–H and O–H groups in total. The lowest BCUT2D eigenvalue weighted by Gasteiger charge is -2.29. The zero-order valence-electron chi connectivity index (χ0n) is 45.0. The Morgan fingerprint density at radius 3 is 1.73 bits per heavy atom. The smallest absolute Gasteiger partial charge is 0.137 e. The minimum absolute atomic E-state index is 0.0724. The second-order valence-electron chi connectivity index (χ2n) is 22.0. The van der Waals surface area contributed by atoms with Gasteiger partial charge in [-0.2, -0.15) is 0 Å². The van der Waals surface area contributed by atoms with Gasteiger partial charge in [0.05, 0.1) is 33.8 Å². The molecular weight excluding hydrogens is 965 g/mol. The summed E-state index contributed by atoms with van der Waals surface area (Å²) in [5.74, 6) is 1.43. The summed E-state index contributed by atoms with van der Waals surface area (Å²) < 4.78 is 40.2. The Balaban J connectivity index is 1.05. The van der Waals surface area contributed by atoms with Crippen molar-refractivity contribution in [2.24, 2.45) is 0 Å². The summed E-state index contributed by atoms with van der Waals surface area (Å²) >= 11 is 0. The molecule has 386 valence electrons. The van der Waals surface area contributed by atoms with E-state index in [1.54, 1.807) is 0 Å². The van der Waals surface area contributed by atoms with E-state index in [0.717, 1.165) is 84.6 Å². The third-order valence-corrected chi connectivity index (χ3v) is 15.0. The first-order valence-electron chi connectivity index (χ1n) is 26.9. The predicted molar refractivity (Wildman–Crippen MR) is 319 cm³/mol. The summed E-state index contributed by atoms with van der Waals surface area (Å²) in [6.45, 7) is 15.9. The Labute approximate surface area is 456 Å².